The van der Waals surface area contributed by atoms with Gasteiger partial charge in [-0.25, -0.2) is 12.8 Å². The summed E-state index contributed by atoms with van der Waals surface area (Å²) in [5.74, 6) is -0.243. The average Bonchev–Trinajstić information content (AvgIpc) is 2.36. The van der Waals surface area contributed by atoms with Gasteiger partial charge in [-0.15, -0.1) is 0 Å². The lowest BCUT2D eigenvalue weighted by Gasteiger charge is -2.26. The fourth-order valence-corrected chi connectivity index (χ4v) is 4.08. The number of hydrogen-bond donors (Lipinski definition) is 1. The topological polar surface area (TPSA) is 46.2 Å². The average molecular weight is 285 g/mol. The molecule has 3 nitrogen and oxygen atoms in total. The zero-order valence-electron chi connectivity index (χ0n) is 11.2. The number of benzene rings is 1. The van der Waals surface area contributed by atoms with Crippen molar-refractivity contribution in [1.82, 2.24) is 5.32 Å². The molecule has 1 heterocycles. The van der Waals surface area contributed by atoms with Gasteiger partial charge in [0.25, 0.3) is 0 Å². The van der Waals surface area contributed by atoms with Crippen LogP contribution in [0.2, 0.25) is 0 Å². The van der Waals surface area contributed by atoms with Crippen molar-refractivity contribution in [3.63, 3.8) is 0 Å². The molecule has 0 saturated carbocycles. The maximum Gasteiger partial charge on any atom is 0.178 e. The van der Waals surface area contributed by atoms with Crippen molar-refractivity contribution >= 4 is 9.84 Å². The van der Waals surface area contributed by atoms with E-state index in [1.807, 2.05) is 0 Å². The third kappa shape index (κ3) is 3.34. The molecule has 1 aromatic carbocycles. The van der Waals surface area contributed by atoms with Gasteiger partial charge >= 0.3 is 0 Å². The van der Waals surface area contributed by atoms with E-state index in [2.05, 4.69) is 12.2 Å². The second kappa shape index (κ2) is 6.01. The van der Waals surface area contributed by atoms with Crippen LogP contribution in [-0.4, -0.2) is 20.7 Å². The van der Waals surface area contributed by atoms with Gasteiger partial charge in [0.2, 0.25) is 0 Å². The molecule has 0 aliphatic carbocycles. The number of hydrogen-bond acceptors (Lipinski definition) is 3. The summed E-state index contributed by atoms with van der Waals surface area (Å²) in [6.07, 6.45) is 3.87. The highest BCUT2D eigenvalue weighted by atomic mass is 32.2. The van der Waals surface area contributed by atoms with Gasteiger partial charge in [-0.1, -0.05) is 19.8 Å². The Bertz CT molecular complexity index is 542. The molecule has 1 aromatic rings. The van der Waals surface area contributed by atoms with Crippen molar-refractivity contribution in [2.75, 3.05) is 12.3 Å². The Labute approximate surface area is 114 Å². The molecular weight excluding hydrogens is 265 g/mol. The Hall–Kier alpha value is -0.940. The number of unbranched alkanes of at least 4 members (excludes halogenated alkanes) is 2. The van der Waals surface area contributed by atoms with E-state index in [0.717, 1.165) is 25.8 Å². The molecule has 2 rings (SSSR count). The fraction of sp³-hybridized carbons (Fsp3) is 0.571. The molecule has 1 atom stereocenters. The first kappa shape index (κ1) is 14.5. The first-order valence-corrected chi connectivity index (χ1v) is 8.45. The van der Waals surface area contributed by atoms with E-state index in [4.69, 9.17) is 0 Å². The normalized spacial score (nSPS) is 21.1. The van der Waals surface area contributed by atoms with Gasteiger partial charge in [0, 0.05) is 6.04 Å². The lowest BCUT2D eigenvalue weighted by Crippen LogP contribution is -2.30. The van der Waals surface area contributed by atoms with Crippen molar-refractivity contribution in [1.29, 1.82) is 0 Å². The highest BCUT2D eigenvalue weighted by Crippen LogP contribution is 2.32. The first-order chi connectivity index (χ1) is 9.04. The van der Waals surface area contributed by atoms with E-state index in [0.29, 0.717) is 12.0 Å². The van der Waals surface area contributed by atoms with Crippen LogP contribution in [0.4, 0.5) is 4.39 Å². The Morgan fingerprint density at radius 2 is 2.16 bits per heavy atom. The van der Waals surface area contributed by atoms with Gasteiger partial charge in [-0.3, -0.25) is 0 Å². The minimum Gasteiger partial charge on any atom is -0.310 e. The Balaban J connectivity index is 2.18. The molecule has 1 aliphatic rings. The largest absolute Gasteiger partial charge is 0.310 e. The molecule has 0 spiro atoms. The van der Waals surface area contributed by atoms with Crippen molar-refractivity contribution in [2.45, 2.75) is 43.5 Å². The molecule has 0 amide bonds. The number of rotatable bonds is 5. The molecule has 0 radical (unpaired) electrons. The van der Waals surface area contributed by atoms with Crippen LogP contribution in [0.25, 0.3) is 0 Å². The van der Waals surface area contributed by atoms with E-state index in [9.17, 15) is 12.8 Å². The molecule has 0 saturated heterocycles. The summed E-state index contributed by atoms with van der Waals surface area (Å²) in [5, 5.41) is 3.35. The number of sulfone groups is 1. The smallest absolute Gasteiger partial charge is 0.178 e. The Morgan fingerprint density at radius 1 is 1.37 bits per heavy atom. The summed E-state index contributed by atoms with van der Waals surface area (Å²) in [4.78, 5) is 0.285. The first-order valence-electron chi connectivity index (χ1n) is 6.80. The van der Waals surface area contributed by atoms with Crippen LogP contribution in [-0.2, 0) is 9.84 Å². The second-order valence-corrected chi connectivity index (χ2v) is 7.08. The van der Waals surface area contributed by atoms with Crippen LogP contribution >= 0.6 is 0 Å². The van der Waals surface area contributed by atoms with Crippen molar-refractivity contribution < 1.29 is 12.8 Å². The van der Waals surface area contributed by atoms with Crippen LogP contribution in [0.1, 0.15) is 44.2 Å². The molecule has 1 N–H and O–H groups in total. The Kier molecular flexibility index (Phi) is 4.58. The van der Waals surface area contributed by atoms with E-state index in [1.54, 1.807) is 0 Å². The maximum absolute atomic E-state index is 13.3. The molecule has 1 unspecified atom stereocenters. The Morgan fingerprint density at radius 3 is 2.89 bits per heavy atom. The van der Waals surface area contributed by atoms with Gasteiger partial charge in [0.1, 0.15) is 5.82 Å². The summed E-state index contributed by atoms with van der Waals surface area (Å²) in [6, 6.07) is 3.91. The standard InChI is InChI=1S/C14H20FNO2S/c1-2-3-4-8-16-13-7-9-19(17,18)14-6-5-11(15)10-12(13)14/h5-6,10,13,16H,2-4,7-9H2,1H3. The van der Waals surface area contributed by atoms with Crippen molar-refractivity contribution in [3.8, 4) is 0 Å². The molecule has 0 bridgehead atoms. The highest BCUT2D eigenvalue weighted by molar-refractivity contribution is 7.91. The lowest BCUT2D eigenvalue weighted by molar-refractivity contribution is 0.477. The number of halogens is 1. The van der Waals surface area contributed by atoms with Crippen LogP contribution in [0, 0.1) is 5.82 Å². The monoisotopic (exact) mass is 285 g/mol. The van der Waals surface area contributed by atoms with Gasteiger partial charge in [0.15, 0.2) is 9.84 Å². The second-order valence-electron chi connectivity index (χ2n) is 5.00. The quantitative estimate of drug-likeness (QED) is 0.668. The minimum atomic E-state index is -3.23. The third-order valence-electron chi connectivity index (χ3n) is 3.53. The summed E-state index contributed by atoms with van der Waals surface area (Å²) >= 11 is 0. The predicted molar refractivity (Wildman–Crippen MR) is 73.3 cm³/mol. The fourth-order valence-electron chi connectivity index (χ4n) is 2.48. The van der Waals surface area contributed by atoms with Crippen LogP contribution in [0.3, 0.4) is 0 Å². The molecule has 5 heteroatoms. The summed E-state index contributed by atoms with van der Waals surface area (Å²) in [7, 11) is -3.23. The molecule has 106 valence electrons. The number of nitrogens with one attached hydrogen (secondary N) is 1. The molecule has 0 fully saturated rings. The third-order valence-corrected chi connectivity index (χ3v) is 5.34. The molecule has 19 heavy (non-hydrogen) atoms. The maximum atomic E-state index is 13.3. The van der Waals surface area contributed by atoms with Crippen molar-refractivity contribution in [2.24, 2.45) is 0 Å². The zero-order valence-corrected chi connectivity index (χ0v) is 12.0. The van der Waals surface area contributed by atoms with E-state index in [1.165, 1.54) is 18.2 Å². The van der Waals surface area contributed by atoms with Gasteiger partial charge < -0.3 is 5.32 Å². The number of fused-ring (bicyclic) bond motifs is 1. The van der Waals surface area contributed by atoms with E-state index in [-0.39, 0.29) is 22.5 Å². The molecule has 0 aromatic heterocycles. The van der Waals surface area contributed by atoms with Crippen LogP contribution < -0.4 is 5.32 Å². The van der Waals surface area contributed by atoms with Gasteiger partial charge in [-0.05, 0) is 43.1 Å². The van der Waals surface area contributed by atoms with E-state index < -0.39 is 9.84 Å². The minimum absolute atomic E-state index is 0.0499. The van der Waals surface area contributed by atoms with Crippen LogP contribution in [0.5, 0.6) is 0 Å². The summed E-state index contributed by atoms with van der Waals surface area (Å²) in [5.41, 5.74) is 0.586. The zero-order chi connectivity index (χ0) is 13.9. The van der Waals surface area contributed by atoms with Crippen molar-refractivity contribution in [3.05, 3.63) is 29.6 Å². The van der Waals surface area contributed by atoms with Crippen LogP contribution in [0.15, 0.2) is 23.1 Å². The summed E-state index contributed by atoms with van der Waals surface area (Å²) < 4.78 is 37.3. The lowest BCUT2D eigenvalue weighted by atomic mass is 10.0. The van der Waals surface area contributed by atoms with Gasteiger partial charge in [-0.2, -0.15) is 0 Å². The van der Waals surface area contributed by atoms with E-state index >= 15 is 0 Å². The molecule has 1 aliphatic heterocycles. The SMILES string of the molecule is CCCCCNC1CCS(=O)(=O)c2ccc(F)cc21. The van der Waals surface area contributed by atoms with Gasteiger partial charge in [0.05, 0.1) is 10.6 Å². The predicted octanol–water partition coefficient (Wildman–Crippen LogP) is 2.82. The summed E-state index contributed by atoms with van der Waals surface area (Å²) in [6.45, 7) is 2.98. The molecular formula is C14H20FNO2S. The highest BCUT2D eigenvalue weighted by Gasteiger charge is 2.30.